The summed E-state index contributed by atoms with van der Waals surface area (Å²) in [6, 6.07) is 11.2. The van der Waals surface area contributed by atoms with Crippen LogP contribution in [0.25, 0.3) is 0 Å². The van der Waals surface area contributed by atoms with Crippen LogP contribution in [0.1, 0.15) is 167 Å². The molecule has 0 N–H and O–H groups in total. The molecule has 2 heteroatoms. The molecular formula is C37H63N2+. The van der Waals surface area contributed by atoms with Crippen molar-refractivity contribution in [2.75, 3.05) is 0 Å². The van der Waals surface area contributed by atoms with Crippen LogP contribution in [0.3, 0.4) is 0 Å². The SMILES string of the molecule is CCCCCCCCCCCCCCC([C+]1N=CC=N1)C(CCCCCCCCCCC)Cc1ccccc1. The van der Waals surface area contributed by atoms with Gasteiger partial charge in [0.1, 0.15) is 0 Å². The van der Waals surface area contributed by atoms with Gasteiger partial charge < -0.3 is 0 Å². The molecule has 2 rings (SSSR count). The molecule has 0 saturated carbocycles. The second kappa shape index (κ2) is 24.2. The van der Waals surface area contributed by atoms with Crippen LogP contribution < -0.4 is 0 Å². The maximum absolute atomic E-state index is 4.74. The summed E-state index contributed by atoms with van der Waals surface area (Å²) in [6.07, 6.45) is 38.1. The van der Waals surface area contributed by atoms with E-state index in [1.807, 2.05) is 12.4 Å². The fraction of sp³-hybridized carbons (Fsp3) is 0.757. The van der Waals surface area contributed by atoms with Gasteiger partial charge in [-0.3, -0.25) is 0 Å². The Kier molecular flexibility index (Phi) is 20.9. The Morgan fingerprint density at radius 1 is 0.513 bits per heavy atom. The molecule has 1 heterocycles. The van der Waals surface area contributed by atoms with Crippen LogP contribution in [0.2, 0.25) is 0 Å². The van der Waals surface area contributed by atoms with Gasteiger partial charge in [0.25, 0.3) is 0 Å². The van der Waals surface area contributed by atoms with Crippen LogP contribution in [0.4, 0.5) is 0 Å². The summed E-state index contributed by atoms with van der Waals surface area (Å²) in [6.45, 7) is 4.61. The molecule has 39 heavy (non-hydrogen) atoms. The van der Waals surface area contributed by atoms with Crippen molar-refractivity contribution in [2.24, 2.45) is 21.8 Å². The number of benzene rings is 1. The zero-order valence-corrected chi connectivity index (χ0v) is 26.1. The van der Waals surface area contributed by atoms with Crippen molar-refractivity contribution in [2.45, 2.75) is 168 Å². The minimum Gasteiger partial charge on any atom is -0.0965 e. The Labute approximate surface area is 244 Å². The summed E-state index contributed by atoms with van der Waals surface area (Å²) in [4.78, 5) is 9.47. The predicted molar refractivity (Wildman–Crippen MR) is 175 cm³/mol. The number of aliphatic imine (C=N–C) groups is 2. The van der Waals surface area contributed by atoms with E-state index in [0.717, 1.165) is 12.6 Å². The molecule has 0 saturated heterocycles. The van der Waals surface area contributed by atoms with E-state index in [0.29, 0.717) is 11.8 Å². The number of nitrogens with zero attached hydrogens (tertiary/aromatic N) is 2. The molecule has 2 atom stereocenters. The minimum atomic E-state index is 0.498. The van der Waals surface area contributed by atoms with Gasteiger partial charge >= 0.3 is 0 Å². The molecule has 1 aliphatic rings. The molecule has 0 aliphatic carbocycles. The molecular weight excluding hydrogens is 472 g/mol. The molecule has 0 fully saturated rings. The van der Waals surface area contributed by atoms with Crippen molar-refractivity contribution in [3.05, 3.63) is 42.1 Å². The van der Waals surface area contributed by atoms with Crippen molar-refractivity contribution >= 4 is 12.4 Å². The van der Waals surface area contributed by atoms with Crippen molar-refractivity contribution in [1.29, 1.82) is 0 Å². The predicted octanol–water partition coefficient (Wildman–Crippen LogP) is 12.1. The summed E-state index contributed by atoms with van der Waals surface area (Å²) < 4.78 is 0. The second-order valence-corrected chi connectivity index (χ2v) is 12.3. The van der Waals surface area contributed by atoms with Crippen LogP contribution in [-0.4, -0.2) is 12.4 Å². The third-order valence-corrected chi connectivity index (χ3v) is 8.77. The summed E-state index contributed by atoms with van der Waals surface area (Å²) in [7, 11) is 0. The van der Waals surface area contributed by atoms with E-state index in [4.69, 9.17) is 9.98 Å². The lowest BCUT2D eigenvalue weighted by atomic mass is 9.78. The van der Waals surface area contributed by atoms with Gasteiger partial charge in [-0.05, 0) is 30.7 Å². The summed E-state index contributed by atoms with van der Waals surface area (Å²) in [5.74, 6) is 1.14. The fourth-order valence-electron chi connectivity index (χ4n) is 6.30. The van der Waals surface area contributed by atoms with Crippen LogP contribution in [0, 0.1) is 18.0 Å². The third kappa shape index (κ3) is 17.0. The first-order chi connectivity index (χ1) is 19.3. The molecule has 0 radical (unpaired) electrons. The Hall–Kier alpha value is -1.57. The van der Waals surface area contributed by atoms with E-state index < -0.39 is 0 Å². The Morgan fingerprint density at radius 2 is 0.923 bits per heavy atom. The highest BCUT2D eigenvalue weighted by Crippen LogP contribution is 2.37. The van der Waals surface area contributed by atoms with Crippen molar-refractivity contribution in [3.63, 3.8) is 0 Å². The highest BCUT2D eigenvalue weighted by Gasteiger charge is 2.35. The van der Waals surface area contributed by atoms with Gasteiger partial charge in [-0.1, -0.05) is 189 Å². The van der Waals surface area contributed by atoms with Gasteiger partial charge in [0.2, 0.25) is 6.17 Å². The van der Waals surface area contributed by atoms with E-state index in [1.54, 1.807) is 0 Å². The average Bonchev–Trinajstić information content (AvgIpc) is 3.49. The number of hydrogen-bond donors (Lipinski definition) is 0. The molecule has 2 nitrogen and oxygen atoms in total. The Bertz CT molecular complexity index is 697. The molecule has 0 aromatic heterocycles. The lowest BCUT2D eigenvalue weighted by Crippen LogP contribution is -2.22. The molecule has 0 amide bonds. The molecule has 0 spiro atoms. The maximum Gasteiger partial charge on any atom is 0.244 e. The Morgan fingerprint density at radius 3 is 1.38 bits per heavy atom. The first-order valence-electron chi connectivity index (χ1n) is 17.3. The lowest BCUT2D eigenvalue weighted by Gasteiger charge is -2.26. The minimum absolute atomic E-state index is 0.498. The number of rotatable bonds is 27. The fourth-order valence-corrected chi connectivity index (χ4v) is 6.30. The van der Waals surface area contributed by atoms with E-state index >= 15 is 0 Å². The van der Waals surface area contributed by atoms with Crippen molar-refractivity contribution < 1.29 is 0 Å². The summed E-state index contributed by atoms with van der Waals surface area (Å²) in [5.41, 5.74) is 1.48. The van der Waals surface area contributed by atoms with Crippen LogP contribution in [0.5, 0.6) is 0 Å². The first kappa shape index (κ1) is 33.6. The molecule has 0 bridgehead atoms. The second-order valence-electron chi connectivity index (χ2n) is 12.3. The van der Waals surface area contributed by atoms with Crippen LogP contribution in [-0.2, 0) is 6.42 Å². The highest BCUT2D eigenvalue weighted by atomic mass is 15.0. The van der Waals surface area contributed by atoms with Crippen LogP contribution >= 0.6 is 0 Å². The topological polar surface area (TPSA) is 24.7 Å². The molecule has 220 valence electrons. The zero-order chi connectivity index (χ0) is 27.6. The van der Waals surface area contributed by atoms with Gasteiger partial charge in [0, 0.05) is 0 Å². The maximum atomic E-state index is 4.74. The smallest absolute Gasteiger partial charge is 0.0965 e. The third-order valence-electron chi connectivity index (χ3n) is 8.77. The van der Waals surface area contributed by atoms with E-state index in [2.05, 4.69) is 44.2 Å². The van der Waals surface area contributed by atoms with Gasteiger partial charge in [-0.15, -0.1) is 0 Å². The van der Waals surface area contributed by atoms with Gasteiger partial charge in [-0.25, -0.2) is 0 Å². The molecule has 1 aliphatic heterocycles. The van der Waals surface area contributed by atoms with Gasteiger partial charge in [0.05, 0.1) is 5.92 Å². The first-order valence-corrected chi connectivity index (χ1v) is 17.3. The van der Waals surface area contributed by atoms with Gasteiger partial charge in [0.15, 0.2) is 12.4 Å². The number of unbranched alkanes of at least 4 members (excludes halogenated alkanes) is 19. The van der Waals surface area contributed by atoms with Crippen molar-refractivity contribution in [3.8, 4) is 0 Å². The standard InChI is InChI=1S/C37H63N2/c1-3-5-7-9-11-13-14-15-17-19-21-26-30-36(37-38-31-32-39-37)35(33-34-27-23-22-24-28-34)29-25-20-18-16-12-10-8-6-4-2/h22-24,27-28,31-32,35-36H,3-21,25-26,29-30,33H2,1-2H3/q+1. The monoisotopic (exact) mass is 535 g/mol. The Balaban J connectivity index is 1.74. The normalized spacial score (nSPS) is 14.4. The molecule has 2 unspecified atom stereocenters. The van der Waals surface area contributed by atoms with E-state index in [-0.39, 0.29) is 0 Å². The van der Waals surface area contributed by atoms with Crippen molar-refractivity contribution in [1.82, 2.24) is 0 Å². The average molecular weight is 536 g/mol. The largest absolute Gasteiger partial charge is 0.244 e. The molecule has 1 aromatic carbocycles. The molecule has 1 aromatic rings. The zero-order valence-electron chi connectivity index (χ0n) is 26.1. The summed E-state index contributed by atoms with van der Waals surface area (Å²) >= 11 is 0. The number of hydrogen-bond acceptors (Lipinski definition) is 2. The van der Waals surface area contributed by atoms with Crippen LogP contribution in [0.15, 0.2) is 40.3 Å². The van der Waals surface area contributed by atoms with Gasteiger partial charge in [-0.2, -0.15) is 0 Å². The quantitative estimate of drug-likeness (QED) is 0.0790. The summed E-state index contributed by atoms with van der Waals surface area (Å²) in [5, 5.41) is 0. The highest BCUT2D eigenvalue weighted by molar-refractivity contribution is 6.18. The van der Waals surface area contributed by atoms with E-state index in [9.17, 15) is 0 Å². The lowest BCUT2D eigenvalue weighted by molar-refractivity contribution is 0.284. The van der Waals surface area contributed by atoms with E-state index in [1.165, 1.54) is 153 Å².